The molecule has 0 bridgehead atoms. The molecule has 1 aromatic heterocycles. The van der Waals surface area contributed by atoms with E-state index in [1.165, 1.54) is 0 Å². The van der Waals surface area contributed by atoms with Crippen molar-refractivity contribution in [1.82, 2.24) is 10.2 Å². The number of H-pyrrole nitrogens is 2. The van der Waals surface area contributed by atoms with E-state index in [0.29, 0.717) is 16.6 Å². The number of nitrogens with two attached hydrogens (primary N) is 1. The molecule has 0 radical (unpaired) electrons. The summed E-state index contributed by atoms with van der Waals surface area (Å²) < 4.78 is 0. The van der Waals surface area contributed by atoms with Gasteiger partial charge in [0.15, 0.2) is 0 Å². The predicted molar refractivity (Wildman–Crippen MR) is 65.8 cm³/mol. The van der Waals surface area contributed by atoms with Crippen molar-refractivity contribution >= 4 is 22.5 Å². The lowest BCUT2D eigenvalue weighted by Crippen LogP contribution is -2.23. The second-order valence-electron chi connectivity index (χ2n) is 4.07. The Bertz CT molecular complexity index is 597. The topological polar surface area (TPSA) is 104 Å². The maximum atomic E-state index is 11.5. The second kappa shape index (κ2) is 4.42. The van der Waals surface area contributed by atoms with E-state index >= 15 is 0 Å². The van der Waals surface area contributed by atoms with Gasteiger partial charge in [-0.3, -0.25) is 19.8 Å². The summed E-state index contributed by atoms with van der Waals surface area (Å²) in [4.78, 5) is 22.8. The molecule has 1 amide bonds. The molecule has 0 aliphatic heterocycles. The molecule has 0 aliphatic rings. The van der Waals surface area contributed by atoms with E-state index in [-0.39, 0.29) is 23.9 Å². The highest BCUT2D eigenvalue weighted by atomic mass is 16.1. The molecule has 0 saturated heterocycles. The highest BCUT2D eigenvalue weighted by Crippen LogP contribution is 2.14. The van der Waals surface area contributed by atoms with Crippen LogP contribution in [-0.4, -0.2) is 22.1 Å². The van der Waals surface area contributed by atoms with Gasteiger partial charge < -0.3 is 11.1 Å². The molecule has 2 rings (SSSR count). The SMILES string of the molecule is CC(N)CC(=O)Nc1ccc2c(=O)[nH][nH]c2c1. The Morgan fingerprint density at radius 2 is 2.24 bits per heavy atom. The Hall–Kier alpha value is -2.08. The fraction of sp³-hybridized carbons (Fsp3) is 0.273. The van der Waals surface area contributed by atoms with Crippen LogP contribution in [0.4, 0.5) is 5.69 Å². The molecule has 1 unspecified atom stereocenters. The summed E-state index contributed by atoms with van der Waals surface area (Å²) in [6, 6.07) is 4.87. The number of nitrogens with one attached hydrogen (secondary N) is 3. The number of carbonyl (C=O) groups is 1. The minimum Gasteiger partial charge on any atom is -0.327 e. The van der Waals surface area contributed by atoms with Gasteiger partial charge in [-0.25, -0.2) is 0 Å². The average molecular weight is 234 g/mol. The third kappa shape index (κ3) is 2.54. The Morgan fingerprint density at radius 3 is 2.94 bits per heavy atom. The highest BCUT2D eigenvalue weighted by Gasteiger charge is 2.07. The van der Waals surface area contributed by atoms with Gasteiger partial charge in [0.05, 0.1) is 10.9 Å². The average Bonchev–Trinajstić information content (AvgIpc) is 2.58. The summed E-state index contributed by atoms with van der Waals surface area (Å²) in [6.07, 6.45) is 0.266. The number of anilines is 1. The fourth-order valence-electron chi connectivity index (χ4n) is 1.62. The molecule has 0 spiro atoms. The van der Waals surface area contributed by atoms with Crippen LogP contribution in [0.1, 0.15) is 13.3 Å². The van der Waals surface area contributed by atoms with Crippen LogP contribution in [-0.2, 0) is 4.79 Å². The van der Waals surface area contributed by atoms with Crippen LogP contribution in [0.25, 0.3) is 10.9 Å². The molecule has 1 aromatic carbocycles. The molecule has 90 valence electrons. The minimum atomic E-state index is -0.175. The van der Waals surface area contributed by atoms with Crippen LogP contribution in [0.5, 0.6) is 0 Å². The zero-order valence-electron chi connectivity index (χ0n) is 9.41. The molecule has 0 saturated carbocycles. The number of aromatic nitrogens is 2. The molecular formula is C11H14N4O2. The van der Waals surface area contributed by atoms with E-state index in [1.54, 1.807) is 25.1 Å². The summed E-state index contributed by atoms with van der Waals surface area (Å²) >= 11 is 0. The molecule has 6 nitrogen and oxygen atoms in total. The molecule has 1 heterocycles. The zero-order chi connectivity index (χ0) is 12.4. The fourth-order valence-corrected chi connectivity index (χ4v) is 1.62. The van der Waals surface area contributed by atoms with Crippen LogP contribution in [0.3, 0.4) is 0 Å². The van der Waals surface area contributed by atoms with E-state index < -0.39 is 0 Å². The monoisotopic (exact) mass is 234 g/mol. The normalized spacial score (nSPS) is 12.6. The van der Waals surface area contributed by atoms with Crippen molar-refractivity contribution < 1.29 is 4.79 Å². The number of fused-ring (bicyclic) bond motifs is 1. The van der Waals surface area contributed by atoms with Crippen LogP contribution in [0.2, 0.25) is 0 Å². The Labute approximate surface area is 97.2 Å². The molecule has 0 fully saturated rings. The zero-order valence-corrected chi connectivity index (χ0v) is 9.41. The Morgan fingerprint density at radius 1 is 1.47 bits per heavy atom. The lowest BCUT2D eigenvalue weighted by Gasteiger charge is -2.06. The number of hydrogen-bond acceptors (Lipinski definition) is 3. The van der Waals surface area contributed by atoms with Gasteiger partial charge in [-0.15, -0.1) is 0 Å². The Kier molecular flexibility index (Phi) is 2.97. The first-order valence-electron chi connectivity index (χ1n) is 5.32. The molecule has 0 aliphatic carbocycles. The largest absolute Gasteiger partial charge is 0.327 e. The summed E-state index contributed by atoms with van der Waals surface area (Å²) in [5.41, 5.74) is 6.65. The Balaban J connectivity index is 2.19. The van der Waals surface area contributed by atoms with Crippen LogP contribution in [0.15, 0.2) is 23.0 Å². The van der Waals surface area contributed by atoms with Gasteiger partial charge in [0.1, 0.15) is 0 Å². The van der Waals surface area contributed by atoms with Gasteiger partial charge in [-0.05, 0) is 25.1 Å². The maximum Gasteiger partial charge on any atom is 0.271 e. The molecule has 5 N–H and O–H groups in total. The highest BCUT2D eigenvalue weighted by molar-refractivity contribution is 5.93. The first-order chi connectivity index (χ1) is 8.06. The molecule has 1 atom stereocenters. The number of hydrogen-bond donors (Lipinski definition) is 4. The van der Waals surface area contributed by atoms with Crippen molar-refractivity contribution in [3.05, 3.63) is 28.6 Å². The summed E-state index contributed by atoms with van der Waals surface area (Å²) in [6.45, 7) is 1.77. The van der Waals surface area contributed by atoms with Crippen LogP contribution in [0, 0.1) is 0 Å². The van der Waals surface area contributed by atoms with E-state index in [4.69, 9.17) is 5.73 Å². The van der Waals surface area contributed by atoms with E-state index in [2.05, 4.69) is 15.5 Å². The van der Waals surface area contributed by atoms with Gasteiger partial charge >= 0.3 is 0 Å². The maximum absolute atomic E-state index is 11.5. The van der Waals surface area contributed by atoms with Gasteiger partial charge in [0, 0.05) is 18.2 Å². The second-order valence-corrected chi connectivity index (χ2v) is 4.07. The van der Waals surface area contributed by atoms with Crippen molar-refractivity contribution in [2.24, 2.45) is 5.73 Å². The van der Waals surface area contributed by atoms with Crippen molar-refractivity contribution in [2.45, 2.75) is 19.4 Å². The molecule has 17 heavy (non-hydrogen) atoms. The standard InChI is InChI=1S/C11H14N4O2/c1-6(12)4-10(16)13-7-2-3-8-9(5-7)14-15-11(8)17/h2-3,5-6H,4,12H2,1H3,(H,13,16)(H2,14,15,17). The molecular weight excluding hydrogens is 220 g/mol. The predicted octanol–water partition coefficient (Wildman–Crippen LogP) is 0.532. The minimum absolute atomic E-state index is 0.141. The summed E-state index contributed by atoms with van der Waals surface area (Å²) in [7, 11) is 0. The van der Waals surface area contributed by atoms with E-state index in [1.807, 2.05) is 0 Å². The third-order valence-corrected chi connectivity index (χ3v) is 2.37. The molecule has 6 heteroatoms. The summed E-state index contributed by atoms with van der Waals surface area (Å²) in [5.74, 6) is -0.141. The number of benzene rings is 1. The first-order valence-corrected chi connectivity index (χ1v) is 5.32. The van der Waals surface area contributed by atoms with Crippen LogP contribution >= 0.6 is 0 Å². The third-order valence-electron chi connectivity index (χ3n) is 2.37. The lowest BCUT2D eigenvalue weighted by atomic mass is 10.2. The number of carbonyl (C=O) groups excluding carboxylic acids is 1. The lowest BCUT2D eigenvalue weighted by molar-refractivity contribution is -0.116. The number of aromatic amines is 2. The number of amides is 1. The first kappa shape index (κ1) is 11.4. The quantitative estimate of drug-likeness (QED) is 0.622. The summed E-state index contributed by atoms with van der Waals surface area (Å²) in [5, 5.41) is 8.49. The van der Waals surface area contributed by atoms with E-state index in [0.717, 1.165) is 0 Å². The van der Waals surface area contributed by atoms with E-state index in [9.17, 15) is 9.59 Å². The number of rotatable bonds is 3. The van der Waals surface area contributed by atoms with Gasteiger partial charge in [0.25, 0.3) is 5.56 Å². The van der Waals surface area contributed by atoms with Gasteiger partial charge in [0.2, 0.25) is 5.91 Å². The van der Waals surface area contributed by atoms with Crippen molar-refractivity contribution in [2.75, 3.05) is 5.32 Å². The van der Waals surface area contributed by atoms with Crippen molar-refractivity contribution in [1.29, 1.82) is 0 Å². The van der Waals surface area contributed by atoms with Gasteiger partial charge in [-0.1, -0.05) is 0 Å². The van der Waals surface area contributed by atoms with Gasteiger partial charge in [-0.2, -0.15) is 0 Å². The molecule has 2 aromatic rings. The van der Waals surface area contributed by atoms with Crippen LogP contribution < -0.4 is 16.6 Å². The van der Waals surface area contributed by atoms with Crippen molar-refractivity contribution in [3.8, 4) is 0 Å². The van der Waals surface area contributed by atoms with Crippen molar-refractivity contribution in [3.63, 3.8) is 0 Å². The smallest absolute Gasteiger partial charge is 0.271 e.